The fourth-order valence-electron chi connectivity index (χ4n) is 4.21. The lowest BCUT2D eigenvalue weighted by atomic mass is 10.1. The van der Waals surface area contributed by atoms with Gasteiger partial charge in [0.2, 0.25) is 0 Å². The number of imidazole rings is 1. The third-order valence-electron chi connectivity index (χ3n) is 6.00. The number of nitrogens with two attached hydrogens (primary N) is 1. The fourth-order valence-corrected chi connectivity index (χ4v) is 5.08. The number of rotatable bonds is 8. The van der Waals surface area contributed by atoms with Gasteiger partial charge in [0.15, 0.2) is 10.9 Å². The van der Waals surface area contributed by atoms with Crippen LogP contribution in [0.3, 0.4) is 0 Å². The van der Waals surface area contributed by atoms with Crippen LogP contribution in [-0.2, 0) is 11.3 Å². The van der Waals surface area contributed by atoms with Crippen LogP contribution in [0, 0.1) is 0 Å². The number of carbonyl (C=O) groups is 1. The lowest BCUT2D eigenvalue weighted by molar-refractivity contribution is 0.0954. The highest BCUT2D eigenvalue weighted by Gasteiger charge is 2.30. The largest absolute Gasteiger partial charge is 0.384 e. The average Bonchev–Trinajstić information content (AvgIpc) is 3.34. The van der Waals surface area contributed by atoms with E-state index in [9.17, 15) is 14.4 Å². The smallest absolute Gasteiger partial charge is 0.330 e. The number of ether oxygens (including phenoxy) is 1. The molecule has 10 heteroatoms. The highest BCUT2D eigenvalue weighted by molar-refractivity contribution is 7.99. The zero-order chi connectivity index (χ0) is 22.9. The molecular weight excluding hydrogens is 442 g/mol. The van der Waals surface area contributed by atoms with Gasteiger partial charge in [-0.05, 0) is 31.2 Å². The molecule has 1 aromatic carbocycles. The molecule has 2 aromatic heterocycles. The maximum absolute atomic E-state index is 13.0. The van der Waals surface area contributed by atoms with Crippen LogP contribution in [0.1, 0.15) is 42.1 Å². The van der Waals surface area contributed by atoms with E-state index < -0.39 is 17.0 Å². The Kier molecular flexibility index (Phi) is 5.94. The number of carbonyl (C=O) groups excluding carboxylic acids is 1. The number of aromatic amines is 1. The highest BCUT2D eigenvalue weighted by atomic mass is 32.2. The summed E-state index contributed by atoms with van der Waals surface area (Å²) < 4.78 is 9.23. The van der Waals surface area contributed by atoms with Crippen molar-refractivity contribution in [3.05, 3.63) is 62.9 Å². The Labute approximate surface area is 194 Å². The predicted molar refractivity (Wildman–Crippen MR) is 126 cm³/mol. The van der Waals surface area contributed by atoms with Gasteiger partial charge in [0.05, 0.1) is 30.3 Å². The van der Waals surface area contributed by atoms with E-state index in [4.69, 9.17) is 10.5 Å². The van der Waals surface area contributed by atoms with Crippen molar-refractivity contribution in [1.82, 2.24) is 19.1 Å². The van der Waals surface area contributed by atoms with Gasteiger partial charge < -0.3 is 15.0 Å². The summed E-state index contributed by atoms with van der Waals surface area (Å²) in [5.41, 5.74) is 6.59. The van der Waals surface area contributed by atoms with Gasteiger partial charge in [0.1, 0.15) is 11.4 Å². The van der Waals surface area contributed by atoms with E-state index >= 15 is 0 Å². The molecular formula is C23H25N5O4S. The number of ketones is 1. The number of nitrogens with zero attached hydrogens (tertiary/aromatic N) is 3. The Morgan fingerprint density at radius 1 is 1.21 bits per heavy atom. The number of hydrogen-bond acceptors (Lipinski definition) is 7. The molecule has 1 aliphatic heterocycles. The second kappa shape index (κ2) is 9.03. The highest BCUT2D eigenvalue weighted by Crippen LogP contribution is 2.35. The SMILES string of the molecule is Nc1c(C(=O)CSc2ncc(-c3ccccc3)n2C[C@H]2CCCO2)c(=O)[nH]c(=O)n1C1CC1. The van der Waals surface area contributed by atoms with Crippen LogP contribution < -0.4 is 17.0 Å². The van der Waals surface area contributed by atoms with Gasteiger partial charge in [-0.1, -0.05) is 42.1 Å². The van der Waals surface area contributed by atoms with Crippen molar-refractivity contribution in [3.8, 4) is 11.3 Å². The van der Waals surface area contributed by atoms with Crippen molar-refractivity contribution in [2.75, 3.05) is 18.1 Å². The summed E-state index contributed by atoms with van der Waals surface area (Å²) in [7, 11) is 0. The maximum Gasteiger partial charge on any atom is 0.330 e. The van der Waals surface area contributed by atoms with E-state index in [1.807, 2.05) is 30.3 Å². The van der Waals surface area contributed by atoms with Crippen LogP contribution in [0.15, 0.2) is 51.3 Å². The lowest BCUT2D eigenvalue weighted by Crippen LogP contribution is -2.36. The van der Waals surface area contributed by atoms with Gasteiger partial charge in [0, 0.05) is 12.6 Å². The van der Waals surface area contributed by atoms with E-state index in [0.29, 0.717) is 11.7 Å². The first-order valence-corrected chi connectivity index (χ1v) is 12.0. The zero-order valence-electron chi connectivity index (χ0n) is 18.0. The second-order valence-electron chi connectivity index (χ2n) is 8.37. The number of benzene rings is 1. The van der Waals surface area contributed by atoms with Crippen molar-refractivity contribution in [3.63, 3.8) is 0 Å². The molecule has 33 heavy (non-hydrogen) atoms. The summed E-state index contributed by atoms with van der Waals surface area (Å²) in [4.78, 5) is 44.3. The van der Waals surface area contributed by atoms with Gasteiger partial charge in [-0.25, -0.2) is 9.78 Å². The van der Waals surface area contributed by atoms with Crippen molar-refractivity contribution >= 4 is 23.4 Å². The van der Waals surface area contributed by atoms with Gasteiger partial charge in [-0.15, -0.1) is 0 Å². The summed E-state index contributed by atoms with van der Waals surface area (Å²) in [6.07, 6.45) is 5.51. The molecule has 9 nitrogen and oxygen atoms in total. The summed E-state index contributed by atoms with van der Waals surface area (Å²) in [5, 5.41) is 0.670. The van der Waals surface area contributed by atoms with Crippen LogP contribution in [0.25, 0.3) is 11.3 Å². The van der Waals surface area contributed by atoms with Crippen LogP contribution in [-0.4, -0.2) is 43.3 Å². The number of anilines is 1. The molecule has 1 saturated heterocycles. The van der Waals surface area contributed by atoms with Gasteiger partial charge in [-0.3, -0.25) is 19.1 Å². The van der Waals surface area contributed by atoms with Crippen LogP contribution >= 0.6 is 11.8 Å². The van der Waals surface area contributed by atoms with E-state index in [2.05, 4.69) is 14.5 Å². The molecule has 1 aliphatic carbocycles. The molecule has 5 rings (SSSR count). The Morgan fingerprint density at radius 2 is 2.00 bits per heavy atom. The molecule has 172 valence electrons. The Hall–Kier alpha value is -3.11. The Bertz CT molecular complexity index is 1290. The third-order valence-corrected chi connectivity index (χ3v) is 6.99. The Morgan fingerprint density at radius 3 is 2.70 bits per heavy atom. The topological polar surface area (TPSA) is 125 Å². The standard InChI is InChI=1S/C23H25N5O4S/c24-20-19(21(30)26-22(31)28(20)15-8-9-15)18(29)13-33-23-25-11-17(14-5-2-1-3-6-14)27(23)12-16-7-4-10-32-16/h1-3,5-6,11,15-16H,4,7-10,12-13,24H2,(H,26,30,31)/t16-/m1/s1. The zero-order valence-corrected chi connectivity index (χ0v) is 18.8. The van der Waals surface area contributed by atoms with E-state index in [-0.39, 0.29) is 29.3 Å². The normalized spacial score (nSPS) is 18.0. The fraction of sp³-hybridized carbons (Fsp3) is 0.391. The van der Waals surface area contributed by atoms with E-state index in [1.54, 1.807) is 6.20 Å². The quantitative estimate of drug-likeness (QED) is 0.385. The number of nitrogen functional groups attached to an aromatic ring is 1. The summed E-state index contributed by atoms with van der Waals surface area (Å²) in [6.45, 7) is 1.38. The number of aromatic nitrogens is 4. The van der Waals surface area contributed by atoms with Crippen molar-refractivity contribution < 1.29 is 9.53 Å². The molecule has 3 N–H and O–H groups in total. The molecule has 2 fully saturated rings. The number of Topliss-reactive ketones (excluding diaryl/α,β-unsaturated/α-hetero) is 1. The van der Waals surface area contributed by atoms with Crippen LogP contribution in [0.4, 0.5) is 5.82 Å². The minimum absolute atomic E-state index is 0.0209. The monoisotopic (exact) mass is 467 g/mol. The van der Waals surface area contributed by atoms with E-state index in [0.717, 1.165) is 43.5 Å². The first kappa shape index (κ1) is 21.7. The third kappa shape index (κ3) is 4.40. The first-order valence-electron chi connectivity index (χ1n) is 11.1. The van der Waals surface area contributed by atoms with Crippen LogP contribution in [0.5, 0.6) is 0 Å². The maximum atomic E-state index is 13.0. The molecule has 1 atom stereocenters. The number of H-pyrrole nitrogens is 1. The average molecular weight is 468 g/mol. The molecule has 0 unspecified atom stereocenters. The van der Waals surface area contributed by atoms with Gasteiger partial charge >= 0.3 is 5.69 Å². The van der Waals surface area contributed by atoms with Gasteiger partial charge in [0.25, 0.3) is 5.56 Å². The molecule has 0 spiro atoms. The summed E-state index contributed by atoms with van der Waals surface area (Å²) >= 11 is 1.25. The number of hydrogen-bond donors (Lipinski definition) is 2. The first-order chi connectivity index (χ1) is 16.0. The molecule has 0 bridgehead atoms. The molecule has 0 radical (unpaired) electrons. The summed E-state index contributed by atoms with van der Waals surface area (Å²) in [5.74, 6) is -0.502. The minimum atomic E-state index is -0.743. The van der Waals surface area contributed by atoms with E-state index in [1.165, 1.54) is 16.3 Å². The predicted octanol–water partition coefficient (Wildman–Crippen LogP) is 2.47. The molecule has 3 heterocycles. The van der Waals surface area contributed by atoms with Crippen molar-refractivity contribution in [2.24, 2.45) is 0 Å². The lowest BCUT2D eigenvalue weighted by Gasteiger charge is -2.16. The molecule has 0 amide bonds. The second-order valence-corrected chi connectivity index (χ2v) is 9.31. The molecule has 1 saturated carbocycles. The number of nitrogens with one attached hydrogen (secondary N) is 1. The van der Waals surface area contributed by atoms with Gasteiger partial charge in [-0.2, -0.15) is 0 Å². The molecule has 3 aromatic rings. The van der Waals surface area contributed by atoms with Crippen molar-refractivity contribution in [1.29, 1.82) is 0 Å². The molecule has 2 aliphatic rings. The number of thioether (sulfide) groups is 1. The van der Waals surface area contributed by atoms with Crippen molar-refractivity contribution in [2.45, 2.75) is 49.5 Å². The van der Waals surface area contributed by atoms with Crippen LogP contribution in [0.2, 0.25) is 0 Å². The Balaban J connectivity index is 1.41. The minimum Gasteiger partial charge on any atom is -0.384 e. The summed E-state index contributed by atoms with van der Waals surface area (Å²) in [6, 6.07) is 9.89.